The maximum atomic E-state index is 12.9. The van der Waals surface area contributed by atoms with Crippen LogP contribution in [0.1, 0.15) is 34.8 Å². The van der Waals surface area contributed by atoms with Gasteiger partial charge in [0.2, 0.25) is 0 Å². The minimum atomic E-state index is -0.279. The van der Waals surface area contributed by atoms with Crippen molar-refractivity contribution in [3.8, 4) is 5.69 Å². The lowest BCUT2D eigenvalue weighted by molar-refractivity contribution is 0.0235. The number of carbonyl (C=O) groups is 1. The highest BCUT2D eigenvalue weighted by atomic mass is 16.3. The topological polar surface area (TPSA) is 85.0 Å². The van der Waals surface area contributed by atoms with E-state index in [2.05, 4.69) is 15.5 Å². The highest BCUT2D eigenvalue weighted by molar-refractivity contribution is 5.95. The Hall–Kier alpha value is -2.93. The molecule has 0 radical (unpaired) electrons. The van der Waals surface area contributed by atoms with Crippen LogP contribution < -0.4 is 5.32 Å². The third-order valence-electron chi connectivity index (χ3n) is 4.87. The molecule has 0 aliphatic heterocycles. The second-order valence-electron chi connectivity index (χ2n) is 6.78. The average molecular weight is 351 g/mol. The number of aliphatic hydroxyl groups excluding tert-OH is 1. The summed E-state index contributed by atoms with van der Waals surface area (Å²) in [4.78, 5) is 12.9. The first-order valence-corrected chi connectivity index (χ1v) is 8.67. The second-order valence-corrected chi connectivity index (χ2v) is 6.78. The van der Waals surface area contributed by atoms with Gasteiger partial charge in [0.1, 0.15) is 0 Å². The van der Waals surface area contributed by atoms with Gasteiger partial charge in [0.05, 0.1) is 24.0 Å². The Labute approximate surface area is 151 Å². The van der Waals surface area contributed by atoms with E-state index in [1.54, 1.807) is 27.8 Å². The molecule has 7 heteroatoms. The van der Waals surface area contributed by atoms with Gasteiger partial charge in [0.15, 0.2) is 0 Å². The number of aryl methyl sites for hydroxylation is 1. The first-order chi connectivity index (χ1) is 12.6. The first kappa shape index (κ1) is 16.5. The Morgan fingerprint density at radius 2 is 2.15 bits per heavy atom. The molecule has 7 nitrogen and oxygen atoms in total. The standard InChI is InChI=1S/C19H21N5O2/c1-23-12-15(11-21-23)18(14-9-17(25)10-14)22-19(26)13-4-2-5-16(8-13)24-7-3-6-20-24/h2-8,11-12,14,17-18,25H,9-10H2,1H3,(H,22,26). The molecule has 1 atom stereocenters. The molecule has 1 fully saturated rings. The van der Waals surface area contributed by atoms with E-state index in [4.69, 9.17) is 0 Å². The summed E-state index contributed by atoms with van der Waals surface area (Å²) in [5.74, 6) is 0.0710. The maximum absolute atomic E-state index is 12.9. The average Bonchev–Trinajstić information content (AvgIpc) is 3.29. The summed E-state index contributed by atoms with van der Waals surface area (Å²) < 4.78 is 3.44. The molecule has 1 aliphatic carbocycles. The van der Waals surface area contributed by atoms with Crippen molar-refractivity contribution in [2.75, 3.05) is 0 Å². The molecule has 1 unspecified atom stereocenters. The molecular weight excluding hydrogens is 330 g/mol. The van der Waals surface area contributed by atoms with Crippen LogP contribution in [0, 0.1) is 5.92 Å². The lowest BCUT2D eigenvalue weighted by Crippen LogP contribution is -2.41. The van der Waals surface area contributed by atoms with Crippen LogP contribution in [0.4, 0.5) is 0 Å². The SMILES string of the molecule is Cn1cc(C(NC(=O)c2cccc(-n3cccn3)c2)C2CC(O)C2)cn1. The Bertz CT molecular complexity index is 896. The van der Waals surface area contributed by atoms with Crippen LogP contribution in [0.25, 0.3) is 5.69 Å². The fourth-order valence-corrected chi connectivity index (χ4v) is 3.41. The highest BCUT2D eigenvalue weighted by Crippen LogP contribution is 2.38. The molecule has 26 heavy (non-hydrogen) atoms. The Balaban J connectivity index is 1.56. The smallest absolute Gasteiger partial charge is 0.251 e. The zero-order valence-electron chi connectivity index (χ0n) is 14.5. The van der Waals surface area contributed by atoms with Gasteiger partial charge in [-0.2, -0.15) is 10.2 Å². The third kappa shape index (κ3) is 3.25. The van der Waals surface area contributed by atoms with E-state index in [-0.39, 0.29) is 24.0 Å². The molecule has 0 bridgehead atoms. The minimum absolute atomic E-state index is 0.144. The monoisotopic (exact) mass is 351 g/mol. The van der Waals surface area contributed by atoms with Crippen LogP contribution in [0.5, 0.6) is 0 Å². The summed E-state index contributed by atoms with van der Waals surface area (Å²) in [6, 6.07) is 9.04. The molecule has 1 saturated carbocycles. The van der Waals surface area contributed by atoms with Crippen molar-refractivity contribution in [2.45, 2.75) is 25.0 Å². The molecular formula is C19H21N5O2. The van der Waals surface area contributed by atoms with Crippen molar-refractivity contribution in [2.24, 2.45) is 13.0 Å². The zero-order chi connectivity index (χ0) is 18.1. The highest BCUT2D eigenvalue weighted by Gasteiger charge is 2.36. The van der Waals surface area contributed by atoms with Gasteiger partial charge in [-0.3, -0.25) is 9.48 Å². The van der Waals surface area contributed by atoms with Gasteiger partial charge in [-0.05, 0) is 43.0 Å². The second kappa shape index (κ2) is 6.76. The van der Waals surface area contributed by atoms with Crippen molar-refractivity contribution >= 4 is 5.91 Å². The fourth-order valence-electron chi connectivity index (χ4n) is 3.41. The summed E-state index contributed by atoms with van der Waals surface area (Å²) in [7, 11) is 1.85. The number of aliphatic hydroxyl groups is 1. The van der Waals surface area contributed by atoms with Gasteiger partial charge in [0.25, 0.3) is 5.91 Å². The Morgan fingerprint density at radius 3 is 2.81 bits per heavy atom. The largest absolute Gasteiger partial charge is 0.393 e. The number of carbonyl (C=O) groups excluding carboxylic acids is 1. The van der Waals surface area contributed by atoms with Crippen molar-refractivity contribution in [1.29, 1.82) is 0 Å². The van der Waals surface area contributed by atoms with Gasteiger partial charge < -0.3 is 10.4 Å². The summed E-state index contributed by atoms with van der Waals surface area (Å²) >= 11 is 0. The predicted molar refractivity (Wildman–Crippen MR) is 95.7 cm³/mol. The summed E-state index contributed by atoms with van der Waals surface area (Å²) in [5.41, 5.74) is 2.37. The lowest BCUT2D eigenvalue weighted by atomic mass is 9.75. The quantitative estimate of drug-likeness (QED) is 0.735. The van der Waals surface area contributed by atoms with Crippen LogP contribution in [-0.4, -0.2) is 36.7 Å². The molecule has 1 amide bonds. The zero-order valence-corrected chi connectivity index (χ0v) is 14.5. The van der Waals surface area contributed by atoms with Gasteiger partial charge in [-0.1, -0.05) is 6.07 Å². The molecule has 2 heterocycles. The van der Waals surface area contributed by atoms with Crippen molar-refractivity contribution in [3.05, 3.63) is 66.2 Å². The molecule has 0 spiro atoms. The molecule has 4 rings (SSSR count). The fraction of sp³-hybridized carbons (Fsp3) is 0.316. The van der Waals surface area contributed by atoms with Gasteiger partial charge >= 0.3 is 0 Å². The van der Waals surface area contributed by atoms with E-state index < -0.39 is 0 Å². The van der Waals surface area contributed by atoms with E-state index in [0.29, 0.717) is 18.4 Å². The number of amides is 1. The van der Waals surface area contributed by atoms with Crippen LogP contribution >= 0.6 is 0 Å². The molecule has 3 aromatic rings. The number of hydrogen-bond acceptors (Lipinski definition) is 4. The van der Waals surface area contributed by atoms with Crippen LogP contribution in [-0.2, 0) is 7.05 Å². The molecule has 1 aromatic carbocycles. The van der Waals surface area contributed by atoms with E-state index in [1.165, 1.54) is 0 Å². The van der Waals surface area contributed by atoms with E-state index in [0.717, 1.165) is 11.3 Å². The van der Waals surface area contributed by atoms with Crippen LogP contribution in [0.3, 0.4) is 0 Å². The first-order valence-electron chi connectivity index (χ1n) is 8.67. The molecule has 134 valence electrons. The lowest BCUT2D eigenvalue weighted by Gasteiger charge is -2.37. The number of hydrogen-bond donors (Lipinski definition) is 2. The summed E-state index contributed by atoms with van der Waals surface area (Å²) in [6.45, 7) is 0. The van der Waals surface area contributed by atoms with Crippen LogP contribution in [0.15, 0.2) is 55.1 Å². The number of nitrogens with zero attached hydrogens (tertiary/aromatic N) is 4. The number of rotatable bonds is 5. The number of aromatic nitrogens is 4. The van der Waals surface area contributed by atoms with E-state index in [9.17, 15) is 9.90 Å². The number of nitrogens with one attached hydrogen (secondary N) is 1. The normalized spacial score (nSPS) is 20.4. The number of benzene rings is 1. The Kier molecular flexibility index (Phi) is 4.30. The van der Waals surface area contributed by atoms with Crippen molar-refractivity contribution in [1.82, 2.24) is 24.9 Å². The predicted octanol–water partition coefficient (Wildman–Crippen LogP) is 1.85. The molecule has 2 N–H and O–H groups in total. The van der Waals surface area contributed by atoms with Gasteiger partial charge in [-0.25, -0.2) is 4.68 Å². The summed E-state index contributed by atoms with van der Waals surface area (Å²) in [5, 5.41) is 21.2. The minimum Gasteiger partial charge on any atom is -0.393 e. The maximum Gasteiger partial charge on any atom is 0.251 e. The van der Waals surface area contributed by atoms with E-state index in [1.807, 2.05) is 43.7 Å². The summed E-state index contributed by atoms with van der Waals surface area (Å²) in [6.07, 6.45) is 8.32. The third-order valence-corrected chi connectivity index (χ3v) is 4.87. The van der Waals surface area contributed by atoms with Crippen LogP contribution in [0.2, 0.25) is 0 Å². The van der Waals surface area contributed by atoms with Crippen molar-refractivity contribution < 1.29 is 9.90 Å². The Morgan fingerprint density at radius 1 is 1.31 bits per heavy atom. The van der Waals surface area contributed by atoms with Crippen molar-refractivity contribution in [3.63, 3.8) is 0 Å². The molecule has 1 aliphatic rings. The van der Waals surface area contributed by atoms with Gasteiger partial charge in [0, 0.05) is 36.8 Å². The van der Waals surface area contributed by atoms with E-state index >= 15 is 0 Å². The van der Waals surface area contributed by atoms with Gasteiger partial charge in [-0.15, -0.1) is 0 Å². The molecule has 0 saturated heterocycles. The molecule has 2 aromatic heterocycles.